The number of carbonyl (C=O) groups excluding carboxylic acids is 3. The van der Waals surface area contributed by atoms with E-state index in [1.54, 1.807) is 49.4 Å². The number of rotatable bonds is 14. The summed E-state index contributed by atoms with van der Waals surface area (Å²) >= 11 is 1.00. The second-order valence-electron chi connectivity index (χ2n) is 11.9. The SMILES string of the molecule is C=C/C=C\C(=C/C)N1C(=O)/C(=C/c2ccc(OCc3ccc4c(c3)OCO4)c(OCC)c2)C(=O)N=C1SCC(=O)NC(c1ccccc1)c1ccccc1. The summed E-state index contributed by atoms with van der Waals surface area (Å²) in [5, 5.41) is 3.19. The molecule has 3 amide bonds. The first kappa shape index (κ1) is 37.4. The zero-order valence-electron chi connectivity index (χ0n) is 29.9. The van der Waals surface area contributed by atoms with Crippen LogP contribution >= 0.6 is 11.8 Å². The second-order valence-corrected chi connectivity index (χ2v) is 12.9. The van der Waals surface area contributed by atoms with E-state index in [9.17, 15) is 14.4 Å². The van der Waals surface area contributed by atoms with E-state index >= 15 is 0 Å². The zero-order valence-corrected chi connectivity index (χ0v) is 30.7. The molecule has 0 unspecified atom stereocenters. The standard InChI is InChI=1S/C43H39N3O7S/c1-4-7-18-33(5-2)46-42(49)34(23-29-19-21-35(37(24-29)50-6-3)51-26-30-20-22-36-38(25-30)53-28-52-36)41(48)45-43(46)54-27-39(47)44-40(31-14-10-8-11-15-31)32-16-12-9-13-17-32/h4-5,7-25,40H,1,6,26-28H2,2-3H3,(H,44,47)/b18-7-,33-5+,34-23+. The third-order valence-electron chi connectivity index (χ3n) is 8.32. The number of carbonyl (C=O) groups is 3. The normalized spacial score (nSPS) is 14.8. The first-order chi connectivity index (χ1) is 26.4. The summed E-state index contributed by atoms with van der Waals surface area (Å²) in [6, 6.07) is 29.7. The number of ether oxygens (including phenoxy) is 4. The topological polar surface area (TPSA) is 116 Å². The average molecular weight is 742 g/mol. The van der Waals surface area contributed by atoms with Crippen molar-refractivity contribution in [2.45, 2.75) is 26.5 Å². The Morgan fingerprint density at radius 3 is 2.35 bits per heavy atom. The van der Waals surface area contributed by atoms with E-state index in [0.717, 1.165) is 28.5 Å². The van der Waals surface area contributed by atoms with E-state index < -0.39 is 17.9 Å². The molecule has 0 spiro atoms. The van der Waals surface area contributed by atoms with E-state index in [2.05, 4.69) is 16.9 Å². The summed E-state index contributed by atoms with van der Waals surface area (Å²) in [6.07, 6.45) is 8.15. The lowest BCUT2D eigenvalue weighted by atomic mass is 9.99. The second kappa shape index (κ2) is 17.9. The molecule has 0 saturated heterocycles. The van der Waals surface area contributed by atoms with Gasteiger partial charge in [-0.3, -0.25) is 19.3 Å². The first-order valence-electron chi connectivity index (χ1n) is 17.3. The highest BCUT2D eigenvalue weighted by molar-refractivity contribution is 8.14. The Labute approximate surface area is 318 Å². The molecule has 0 radical (unpaired) electrons. The van der Waals surface area contributed by atoms with Crippen LogP contribution in [-0.4, -0.2) is 46.9 Å². The Morgan fingerprint density at radius 1 is 0.944 bits per heavy atom. The molecular formula is C43H39N3O7S. The molecule has 4 aromatic carbocycles. The number of nitrogens with zero attached hydrogens (tertiary/aromatic N) is 2. The van der Waals surface area contributed by atoms with Crippen LogP contribution in [0.3, 0.4) is 0 Å². The molecule has 54 heavy (non-hydrogen) atoms. The third kappa shape index (κ3) is 8.99. The van der Waals surface area contributed by atoms with Gasteiger partial charge >= 0.3 is 0 Å². The highest BCUT2D eigenvalue weighted by Crippen LogP contribution is 2.35. The van der Waals surface area contributed by atoms with Crippen molar-refractivity contribution in [2.75, 3.05) is 19.2 Å². The minimum atomic E-state index is -0.727. The molecular weight excluding hydrogens is 703 g/mol. The van der Waals surface area contributed by atoms with Gasteiger partial charge in [0.15, 0.2) is 28.2 Å². The van der Waals surface area contributed by atoms with Crippen molar-refractivity contribution >= 4 is 40.7 Å². The molecule has 0 atom stereocenters. The molecule has 0 fully saturated rings. The van der Waals surface area contributed by atoms with Crippen LogP contribution in [0.2, 0.25) is 0 Å². The number of aliphatic imine (C=N–C) groups is 1. The molecule has 0 bridgehead atoms. The summed E-state index contributed by atoms with van der Waals surface area (Å²) < 4.78 is 22.8. The van der Waals surface area contributed by atoms with Crippen molar-refractivity contribution in [3.63, 3.8) is 0 Å². The number of hydrogen-bond acceptors (Lipinski definition) is 8. The van der Waals surface area contributed by atoms with Gasteiger partial charge in [-0.05, 0) is 72.5 Å². The number of benzene rings is 4. The fraction of sp³-hybridized carbons (Fsp3) is 0.163. The van der Waals surface area contributed by atoms with Gasteiger partial charge in [0.05, 0.1) is 18.4 Å². The first-order valence-corrected chi connectivity index (χ1v) is 18.3. The highest BCUT2D eigenvalue weighted by Gasteiger charge is 2.35. The van der Waals surface area contributed by atoms with Gasteiger partial charge in [-0.25, -0.2) is 0 Å². The fourth-order valence-corrected chi connectivity index (χ4v) is 6.56. The van der Waals surface area contributed by atoms with Gasteiger partial charge in [0.1, 0.15) is 12.2 Å². The summed E-state index contributed by atoms with van der Waals surface area (Å²) in [7, 11) is 0. The molecule has 0 aliphatic carbocycles. The maximum atomic E-state index is 14.2. The van der Waals surface area contributed by atoms with Crippen LogP contribution in [0.5, 0.6) is 23.0 Å². The molecule has 0 saturated carbocycles. The predicted octanol–water partition coefficient (Wildman–Crippen LogP) is 7.79. The van der Waals surface area contributed by atoms with Crippen molar-refractivity contribution in [2.24, 2.45) is 4.99 Å². The summed E-state index contributed by atoms with van der Waals surface area (Å²) in [6.45, 7) is 8.16. The lowest BCUT2D eigenvalue weighted by molar-refractivity contribution is -0.126. The molecule has 6 rings (SSSR count). The van der Waals surface area contributed by atoms with Gasteiger partial charge in [0.2, 0.25) is 12.7 Å². The third-order valence-corrected chi connectivity index (χ3v) is 9.26. The van der Waals surface area contributed by atoms with E-state index in [4.69, 9.17) is 18.9 Å². The van der Waals surface area contributed by atoms with Crippen LogP contribution < -0.4 is 24.3 Å². The van der Waals surface area contributed by atoms with Gasteiger partial charge in [-0.1, -0.05) is 109 Å². The summed E-state index contributed by atoms with van der Waals surface area (Å²) in [5.41, 5.74) is 3.56. The smallest absolute Gasteiger partial charge is 0.285 e. The van der Waals surface area contributed by atoms with Crippen LogP contribution in [0.4, 0.5) is 0 Å². The maximum absolute atomic E-state index is 14.2. The van der Waals surface area contributed by atoms with E-state index in [-0.39, 0.29) is 35.8 Å². The Morgan fingerprint density at radius 2 is 1.67 bits per heavy atom. The van der Waals surface area contributed by atoms with Crippen molar-refractivity contribution in [3.8, 4) is 23.0 Å². The molecule has 2 aliphatic rings. The molecule has 2 aliphatic heterocycles. The van der Waals surface area contributed by atoms with Crippen LogP contribution in [0.15, 0.2) is 144 Å². The number of fused-ring (bicyclic) bond motifs is 1. The molecule has 1 N–H and O–H groups in total. The van der Waals surface area contributed by atoms with Gasteiger partial charge in [-0.2, -0.15) is 4.99 Å². The van der Waals surface area contributed by atoms with Gasteiger partial charge in [-0.15, -0.1) is 0 Å². The summed E-state index contributed by atoms with van der Waals surface area (Å²) in [5.74, 6) is 0.564. The number of nitrogens with one attached hydrogen (secondary N) is 1. The van der Waals surface area contributed by atoms with Gasteiger partial charge < -0.3 is 24.3 Å². The zero-order chi connectivity index (χ0) is 37.9. The predicted molar refractivity (Wildman–Crippen MR) is 210 cm³/mol. The lowest BCUT2D eigenvalue weighted by Gasteiger charge is -2.28. The monoisotopic (exact) mass is 741 g/mol. The Balaban J connectivity index is 1.23. The number of amides is 3. The maximum Gasteiger partial charge on any atom is 0.285 e. The van der Waals surface area contributed by atoms with Crippen LogP contribution in [0.1, 0.15) is 42.1 Å². The molecule has 274 valence electrons. The van der Waals surface area contributed by atoms with Crippen molar-refractivity contribution in [3.05, 3.63) is 161 Å². The van der Waals surface area contributed by atoms with E-state index in [1.165, 1.54) is 11.0 Å². The minimum Gasteiger partial charge on any atom is -0.490 e. The largest absolute Gasteiger partial charge is 0.490 e. The molecule has 10 nitrogen and oxygen atoms in total. The van der Waals surface area contributed by atoms with Crippen molar-refractivity contribution in [1.29, 1.82) is 0 Å². The number of hydrogen-bond donors (Lipinski definition) is 1. The number of allylic oxidation sites excluding steroid dienone is 4. The van der Waals surface area contributed by atoms with Crippen molar-refractivity contribution in [1.82, 2.24) is 10.2 Å². The highest BCUT2D eigenvalue weighted by atomic mass is 32.2. The number of thioether (sulfide) groups is 1. The molecule has 4 aromatic rings. The number of amidine groups is 1. The van der Waals surface area contributed by atoms with Crippen molar-refractivity contribution < 1.29 is 33.3 Å². The summed E-state index contributed by atoms with van der Waals surface area (Å²) in [4.78, 5) is 46.9. The van der Waals surface area contributed by atoms with Crippen LogP contribution in [0.25, 0.3) is 6.08 Å². The Bertz CT molecular complexity index is 2110. The van der Waals surface area contributed by atoms with Crippen LogP contribution in [0, 0.1) is 0 Å². The molecule has 11 heteroatoms. The average Bonchev–Trinajstić information content (AvgIpc) is 3.67. The minimum absolute atomic E-state index is 0.0809. The quantitative estimate of drug-likeness (QED) is 0.0792. The lowest BCUT2D eigenvalue weighted by Crippen LogP contribution is -2.42. The molecule has 0 aromatic heterocycles. The Kier molecular flexibility index (Phi) is 12.4. The van der Waals surface area contributed by atoms with E-state index in [0.29, 0.717) is 40.9 Å². The van der Waals surface area contributed by atoms with Gasteiger partial charge in [0.25, 0.3) is 11.8 Å². The fourth-order valence-electron chi connectivity index (χ4n) is 5.75. The Hall–Kier alpha value is -6.33. The van der Waals surface area contributed by atoms with Gasteiger partial charge in [0, 0.05) is 5.70 Å². The van der Waals surface area contributed by atoms with E-state index in [1.807, 2.05) is 85.8 Å². The molecule has 2 heterocycles. The van der Waals surface area contributed by atoms with Crippen LogP contribution in [-0.2, 0) is 21.0 Å².